The summed E-state index contributed by atoms with van der Waals surface area (Å²) >= 11 is 1.19. The van der Waals surface area contributed by atoms with Crippen LogP contribution in [0.25, 0.3) is 27.2 Å². The predicted molar refractivity (Wildman–Crippen MR) is 110 cm³/mol. The molecule has 1 saturated carbocycles. The Balaban J connectivity index is 1.81. The maximum absolute atomic E-state index is 15.4. The molecule has 2 atom stereocenters. The molecule has 3 N–H and O–H groups in total. The van der Waals surface area contributed by atoms with E-state index in [1.807, 2.05) is 6.08 Å². The van der Waals surface area contributed by atoms with Gasteiger partial charge in [0.2, 0.25) is 5.43 Å². The highest BCUT2D eigenvalue weighted by Crippen LogP contribution is 2.44. The summed E-state index contributed by atoms with van der Waals surface area (Å²) in [6.45, 7) is 0.606. The zero-order valence-electron chi connectivity index (χ0n) is 15.1. The molecule has 1 saturated heterocycles. The van der Waals surface area contributed by atoms with Gasteiger partial charge in [0.05, 0.1) is 16.6 Å². The Morgan fingerprint density at radius 3 is 2.86 bits per heavy atom. The van der Waals surface area contributed by atoms with Gasteiger partial charge in [-0.2, -0.15) is 0 Å². The monoisotopic (exact) mass is 398 g/mol. The number of nitrogens with two attached hydrogens (primary N) is 1. The summed E-state index contributed by atoms with van der Waals surface area (Å²) < 4.78 is 20.1. The van der Waals surface area contributed by atoms with E-state index in [1.165, 1.54) is 17.6 Å². The molecule has 6 nitrogen and oxygen atoms in total. The van der Waals surface area contributed by atoms with Gasteiger partial charge in [-0.3, -0.25) is 14.0 Å². The summed E-state index contributed by atoms with van der Waals surface area (Å²) in [4.78, 5) is 28.1. The third kappa shape index (κ3) is 2.10. The second-order valence-corrected chi connectivity index (χ2v) is 8.90. The molecule has 1 unspecified atom stereocenters. The Bertz CT molecular complexity index is 1300. The lowest BCUT2D eigenvalue weighted by Crippen LogP contribution is -2.31. The van der Waals surface area contributed by atoms with Crippen LogP contribution in [0.1, 0.15) is 37.3 Å². The summed E-state index contributed by atoms with van der Waals surface area (Å²) in [6.07, 6.45) is 7.63. The van der Waals surface area contributed by atoms with Crippen LogP contribution >= 0.6 is 11.5 Å². The van der Waals surface area contributed by atoms with E-state index in [9.17, 15) is 9.59 Å². The fourth-order valence-corrected chi connectivity index (χ4v) is 5.82. The minimum Gasteiger partial charge on any atom is -0.364 e. The standard InChI is InChI=1S/C20H19FN4O2S/c21-14-7-13-16(12-3-1-2-11-6-9(22)8-24(11)17(12)14)25(10-4-5-10)20-15(18(13)26)19(27)23-28-20/h1,3,7,9-11H,2,4-6,8,22H2,(H,23,27)/t9-,11?/m0/s1. The zero-order valence-corrected chi connectivity index (χ0v) is 15.9. The molecule has 1 aliphatic carbocycles. The molecular weight excluding hydrogens is 379 g/mol. The van der Waals surface area contributed by atoms with Crippen molar-refractivity contribution in [3.05, 3.63) is 44.1 Å². The van der Waals surface area contributed by atoms with E-state index in [1.54, 1.807) is 0 Å². The molecule has 8 heteroatoms. The van der Waals surface area contributed by atoms with Crippen LogP contribution < -0.4 is 21.6 Å². The van der Waals surface area contributed by atoms with Crippen LogP contribution in [0, 0.1) is 5.82 Å². The van der Waals surface area contributed by atoms with Crippen molar-refractivity contribution in [2.75, 3.05) is 11.4 Å². The maximum Gasteiger partial charge on any atom is 0.271 e. The lowest BCUT2D eigenvalue weighted by atomic mass is 10.0. The van der Waals surface area contributed by atoms with Crippen molar-refractivity contribution in [1.82, 2.24) is 8.94 Å². The minimum absolute atomic E-state index is 0.0162. The number of fused-ring (bicyclic) bond motifs is 6. The molecule has 0 radical (unpaired) electrons. The van der Waals surface area contributed by atoms with E-state index in [2.05, 4.69) is 19.9 Å². The highest BCUT2D eigenvalue weighted by Gasteiger charge is 2.36. The van der Waals surface area contributed by atoms with E-state index in [-0.39, 0.29) is 28.9 Å². The molecule has 2 aromatic heterocycles. The SMILES string of the molecule is N[C@H]1CC2CC=Cc3c(c(F)cc4c(=O)c5c(=O)[nH]sc5n(C5CC5)c34)N2C1. The Morgan fingerprint density at radius 2 is 2.07 bits per heavy atom. The lowest BCUT2D eigenvalue weighted by Gasteiger charge is -2.27. The normalized spacial score (nSPS) is 24.0. The number of halogens is 1. The van der Waals surface area contributed by atoms with Crippen LogP contribution in [0.2, 0.25) is 0 Å². The number of nitrogens with one attached hydrogen (secondary N) is 1. The summed E-state index contributed by atoms with van der Waals surface area (Å²) in [5.41, 5.74) is 7.40. The summed E-state index contributed by atoms with van der Waals surface area (Å²) in [6, 6.07) is 1.75. The molecule has 144 valence electrons. The summed E-state index contributed by atoms with van der Waals surface area (Å²) in [5, 5.41) is 0.425. The highest BCUT2D eigenvalue weighted by atomic mass is 32.1. The van der Waals surface area contributed by atoms with Crippen molar-refractivity contribution >= 4 is 44.4 Å². The Morgan fingerprint density at radius 1 is 1.25 bits per heavy atom. The molecule has 6 rings (SSSR count). The number of H-pyrrole nitrogens is 1. The van der Waals surface area contributed by atoms with Crippen molar-refractivity contribution in [2.45, 2.75) is 43.8 Å². The van der Waals surface area contributed by atoms with Gasteiger partial charge in [0, 0.05) is 30.2 Å². The number of rotatable bonds is 1. The molecule has 1 aromatic carbocycles. The van der Waals surface area contributed by atoms with Gasteiger partial charge in [0.25, 0.3) is 5.56 Å². The quantitative estimate of drug-likeness (QED) is 0.660. The molecule has 4 heterocycles. The van der Waals surface area contributed by atoms with Gasteiger partial charge in [-0.05, 0) is 43.3 Å². The fourth-order valence-electron chi connectivity index (χ4n) is 4.91. The first-order chi connectivity index (χ1) is 13.5. The summed E-state index contributed by atoms with van der Waals surface area (Å²) in [5.74, 6) is -0.418. The number of benzene rings is 1. The van der Waals surface area contributed by atoms with Gasteiger partial charge in [-0.15, -0.1) is 0 Å². The number of nitrogens with zero attached hydrogens (tertiary/aromatic N) is 2. The first-order valence-electron chi connectivity index (χ1n) is 9.65. The van der Waals surface area contributed by atoms with Crippen molar-refractivity contribution in [3.63, 3.8) is 0 Å². The van der Waals surface area contributed by atoms with Crippen molar-refractivity contribution in [3.8, 4) is 0 Å². The minimum atomic E-state index is -0.418. The number of hydrogen-bond donors (Lipinski definition) is 2. The van der Waals surface area contributed by atoms with E-state index in [0.29, 0.717) is 17.1 Å². The lowest BCUT2D eigenvalue weighted by molar-refractivity contribution is 0.606. The molecule has 28 heavy (non-hydrogen) atoms. The Hall–Kier alpha value is -2.45. The average molecular weight is 398 g/mol. The maximum atomic E-state index is 15.4. The molecular formula is C20H19FN4O2S. The molecule has 3 aliphatic rings. The molecule has 0 bridgehead atoms. The third-order valence-electron chi connectivity index (χ3n) is 6.21. The van der Waals surface area contributed by atoms with Crippen molar-refractivity contribution < 1.29 is 4.39 Å². The number of anilines is 1. The predicted octanol–water partition coefficient (Wildman–Crippen LogP) is 2.70. The van der Waals surface area contributed by atoms with E-state index in [0.717, 1.165) is 36.8 Å². The van der Waals surface area contributed by atoms with E-state index >= 15 is 4.39 Å². The largest absolute Gasteiger partial charge is 0.364 e. The highest BCUT2D eigenvalue weighted by molar-refractivity contribution is 7.12. The molecule has 3 aromatic rings. The van der Waals surface area contributed by atoms with Crippen LogP contribution in [0.5, 0.6) is 0 Å². The number of aromatic amines is 1. The van der Waals surface area contributed by atoms with Gasteiger partial charge in [-0.25, -0.2) is 4.39 Å². The smallest absolute Gasteiger partial charge is 0.271 e. The molecule has 0 amide bonds. The molecule has 0 spiro atoms. The first-order valence-corrected chi connectivity index (χ1v) is 10.5. The van der Waals surface area contributed by atoms with Crippen molar-refractivity contribution in [1.29, 1.82) is 0 Å². The first kappa shape index (κ1) is 16.5. The number of pyridine rings is 1. The van der Waals surface area contributed by atoms with Gasteiger partial charge in [0.1, 0.15) is 16.0 Å². The fraction of sp³-hybridized carbons (Fsp3) is 0.400. The average Bonchev–Trinajstić information content (AvgIpc) is 3.36. The van der Waals surface area contributed by atoms with Crippen LogP contribution in [-0.4, -0.2) is 27.6 Å². The van der Waals surface area contributed by atoms with Crippen LogP contribution in [-0.2, 0) is 0 Å². The van der Waals surface area contributed by atoms with Crippen LogP contribution in [0.4, 0.5) is 10.1 Å². The van der Waals surface area contributed by atoms with Crippen LogP contribution in [0.15, 0.2) is 21.7 Å². The van der Waals surface area contributed by atoms with E-state index in [4.69, 9.17) is 5.73 Å². The number of aromatic nitrogens is 2. The topological polar surface area (TPSA) is 84.1 Å². The van der Waals surface area contributed by atoms with Crippen molar-refractivity contribution in [2.24, 2.45) is 5.73 Å². The second-order valence-electron chi connectivity index (χ2n) is 8.10. The Labute approximate surface area is 163 Å². The Kier molecular flexibility index (Phi) is 3.27. The van der Waals surface area contributed by atoms with Gasteiger partial charge < -0.3 is 15.2 Å². The van der Waals surface area contributed by atoms with Gasteiger partial charge in [0.15, 0.2) is 0 Å². The summed E-state index contributed by atoms with van der Waals surface area (Å²) in [7, 11) is 0. The van der Waals surface area contributed by atoms with E-state index < -0.39 is 16.8 Å². The third-order valence-corrected chi connectivity index (χ3v) is 7.10. The van der Waals surface area contributed by atoms with Gasteiger partial charge in [-0.1, -0.05) is 12.2 Å². The van der Waals surface area contributed by atoms with Crippen LogP contribution in [0.3, 0.4) is 0 Å². The van der Waals surface area contributed by atoms with Gasteiger partial charge >= 0.3 is 0 Å². The zero-order chi connectivity index (χ0) is 19.2. The molecule has 2 aliphatic heterocycles. The number of hydrogen-bond acceptors (Lipinski definition) is 5. The molecule has 2 fully saturated rings. The second kappa shape index (κ2) is 5.55.